The standard InChI is InChI=1S/C10H9FN2O/c11-8-3-1-7(2-4-8)5-9-6-10(12)14-13-9/h1-4,6H,5,12H2. The second kappa shape index (κ2) is 3.49. The normalized spacial score (nSPS) is 10.4. The van der Waals surface area contributed by atoms with E-state index < -0.39 is 0 Å². The van der Waals surface area contributed by atoms with Gasteiger partial charge < -0.3 is 10.3 Å². The predicted molar refractivity (Wildman–Crippen MR) is 50.1 cm³/mol. The van der Waals surface area contributed by atoms with Gasteiger partial charge in [0.05, 0.1) is 5.69 Å². The van der Waals surface area contributed by atoms with E-state index in [0.717, 1.165) is 11.3 Å². The van der Waals surface area contributed by atoms with Gasteiger partial charge in [-0.2, -0.15) is 0 Å². The van der Waals surface area contributed by atoms with Crippen molar-refractivity contribution in [2.45, 2.75) is 6.42 Å². The third kappa shape index (κ3) is 1.90. The molecule has 3 nitrogen and oxygen atoms in total. The number of benzene rings is 1. The van der Waals surface area contributed by atoms with Crippen LogP contribution in [0.3, 0.4) is 0 Å². The first kappa shape index (κ1) is 8.74. The highest BCUT2D eigenvalue weighted by atomic mass is 19.1. The zero-order chi connectivity index (χ0) is 9.97. The highest BCUT2D eigenvalue weighted by Crippen LogP contribution is 2.11. The van der Waals surface area contributed by atoms with Gasteiger partial charge in [-0.15, -0.1) is 0 Å². The van der Waals surface area contributed by atoms with Crippen LogP contribution < -0.4 is 5.73 Å². The van der Waals surface area contributed by atoms with E-state index in [1.54, 1.807) is 18.2 Å². The molecule has 0 aliphatic heterocycles. The van der Waals surface area contributed by atoms with Gasteiger partial charge in [0.15, 0.2) is 0 Å². The van der Waals surface area contributed by atoms with E-state index in [2.05, 4.69) is 5.16 Å². The lowest BCUT2D eigenvalue weighted by Gasteiger charge is -1.95. The number of nitrogens with two attached hydrogens (primary N) is 1. The Labute approximate surface area is 80.3 Å². The van der Waals surface area contributed by atoms with E-state index >= 15 is 0 Å². The highest BCUT2D eigenvalue weighted by Gasteiger charge is 2.02. The average molecular weight is 192 g/mol. The molecule has 2 rings (SSSR count). The Morgan fingerprint density at radius 2 is 2.00 bits per heavy atom. The minimum absolute atomic E-state index is 0.242. The van der Waals surface area contributed by atoms with Crippen LogP contribution in [0.15, 0.2) is 34.9 Å². The van der Waals surface area contributed by atoms with Gasteiger partial charge in [0.25, 0.3) is 0 Å². The molecule has 0 unspecified atom stereocenters. The first-order chi connectivity index (χ1) is 6.74. The first-order valence-corrected chi connectivity index (χ1v) is 4.19. The van der Waals surface area contributed by atoms with Gasteiger partial charge >= 0.3 is 0 Å². The molecule has 1 heterocycles. The summed E-state index contributed by atoms with van der Waals surface area (Å²) in [6, 6.07) is 7.90. The van der Waals surface area contributed by atoms with E-state index in [9.17, 15) is 4.39 Å². The number of hydrogen-bond donors (Lipinski definition) is 1. The summed E-state index contributed by atoms with van der Waals surface area (Å²) in [6.07, 6.45) is 0.598. The predicted octanol–water partition coefficient (Wildman–Crippen LogP) is 1.99. The highest BCUT2D eigenvalue weighted by molar-refractivity contribution is 5.28. The number of nitrogen functional groups attached to an aromatic ring is 1. The number of halogens is 1. The maximum atomic E-state index is 12.6. The van der Waals surface area contributed by atoms with Crippen molar-refractivity contribution < 1.29 is 8.91 Å². The van der Waals surface area contributed by atoms with Crippen LogP contribution in [-0.4, -0.2) is 5.16 Å². The molecule has 0 fully saturated rings. The van der Waals surface area contributed by atoms with Gasteiger partial charge in [-0.3, -0.25) is 0 Å². The van der Waals surface area contributed by atoms with Gasteiger partial charge in [0.2, 0.25) is 5.88 Å². The molecule has 0 radical (unpaired) electrons. The van der Waals surface area contributed by atoms with Crippen molar-refractivity contribution in [1.29, 1.82) is 0 Å². The van der Waals surface area contributed by atoms with Gasteiger partial charge in [-0.25, -0.2) is 4.39 Å². The molecule has 0 aliphatic carbocycles. The average Bonchev–Trinajstić information content (AvgIpc) is 2.56. The molecule has 72 valence electrons. The van der Waals surface area contributed by atoms with Crippen LogP contribution in [0.25, 0.3) is 0 Å². The maximum absolute atomic E-state index is 12.6. The lowest BCUT2D eigenvalue weighted by atomic mass is 10.1. The second-order valence-corrected chi connectivity index (χ2v) is 3.02. The number of anilines is 1. The molecular weight excluding hydrogens is 183 g/mol. The Balaban J connectivity index is 2.15. The zero-order valence-corrected chi connectivity index (χ0v) is 7.40. The lowest BCUT2D eigenvalue weighted by molar-refractivity contribution is 0.429. The minimum Gasteiger partial charge on any atom is -0.368 e. The largest absolute Gasteiger partial charge is 0.368 e. The molecule has 0 spiro atoms. The van der Waals surface area contributed by atoms with E-state index in [4.69, 9.17) is 10.3 Å². The SMILES string of the molecule is Nc1cc(Cc2ccc(F)cc2)no1. The maximum Gasteiger partial charge on any atom is 0.222 e. The summed E-state index contributed by atoms with van der Waals surface area (Å²) < 4.78 is 17.3. The van der Waals surface area contributed by atoms with Crippen molar-refractivity contribution in [2.24, 2.45) is 0 Å². The Morgan fingerprint density at radius 3 is 2.57 bits per heavy atom. The topological polar surface area (TPSA) is 52.0 Å². The molecule has 0 bridgehead atoms. The van der Waals surface area contributed by atoms with Crippen LogP contribution in [0.5, 0.6) is 0 Å². The third-order valence-corrected chi connectivity index (χ3v) is 1.88. The fourth-order valence-electron chi connectivity index (χ4n) is 1.22. The summed E-state index contributed by atoms with van der Waals surface area (Å²) in [4.78, 5) is 0. The van der Waals surface area contributed by atoms with E-state index in [0.29, 0.717) is 12.3 Å². The fraction of sp³-hybridized carbons (Fsp3) is 0.100. The van der Waals surface area contributed by atoms with Crippen molar-refractivity contribution in [2.75, 3.05) is 5.73 Å². The molecule has 1 aromatic carbocycles. The van der Waals surface area contributed by atoms with E-state index in [1.807, 2.05) is 0 Å². The lowest BCUT2D eigenvalue weighted by Crippen LogP contribution is -1.87. The van der Waals surface area contributed by atoms with Crippen molar-refractivity contribution in [3.8, 4) is 0 Å². The molecule has 0 saturated carbocycles. The summed E-state index contributed by atoms with van der Waals surface area (Å²) in [7, 11) is 0. The van der Waals surface area contributed by atoms with Crippen LogP contribution in [0.2, 0.25) is 0 Å². The number of nitrogens with zero attached hydrogens (tertiary/aromatic N) is 1. The second-order valence-electron chi connectivity index (χ2n) is 3.02. The van der Waals surface area contributed by atoms with Gasteiger partial charge in [0, 0.05) is 12.5 Å². The molecule has 4 heteroatoms. The molecule has 2 N–H and O–H groups in total. The Hall–Kier alpha value is -1.84. The van der Waals surface area contributed by atoms with Crippen LogP contribution in [0, 0.1) is 5.82 Å². The molecule has 0 atom stereocenters. The zero-order valence-electron chi connectivity index (χ0n) is 7.40. The fourth-order valence-corrected chi connectivity index (χ4v) is 1.22. The van der Waals surface area contributed by atoms with Gasteiger partial charge in [-0.1, -0.05) is 17.3 Å². The van der Waals surface area contributed by atoms with Gasteiger partial charge in [0.1, 0.15) is 5.82 Å². The van der Waals surface area contributed by atoms with E-state index in [1.165, 1.54) is 12.1 Å². The van der Waals surface area contributed by atoms with Crippen molar-refractivity contribution in [3.05, 3.63) is 47.4 Å². The summed E-state index contributed by atoms with van der Waals surface area (Å²) in [6.45, 7) is 0. The third-order valence-electron chi connectivity index (χ3n) is 1.88. The molecule has 14 heavy (non-hydrogen) atoms. The van der Waals surface area contributed by atoms with Crippen molar-refractivity contribution in [1.82, 2.24) is 5.16 Å². The van der Waals surface area contributed by atoms with Crippen LogP contribution in [-0.2, 0) is 6.42 Å². The monoisotopic (exact) mass is 192 g/mol. The molecule has 0 saturated heterocycles. The summed E-state index contributed by atoms with van der Waals surface area (Å²) in [5, 5.41) is 3.74. The molecule has 0 amide bonds. The van der Waals surface area contributed by atoms with Crippen LogP contribution in [0.1, 0.15) is 11.3 Å². The smallest absolute Gasteiger partial charge is 0.222 e. The number of hydrogen-bond acceptors (Lipinski definition) is 3. The Morgan fingerprint density at radius 1 is 1.29 bits per heavy atom. The Kier molecular flexibility index (Phi) is 2.18. The summed E-state index contributed by atoms with van der Waals surface area (Å²) in [5.74, 6) is 0.0514. The minimum atomic E-state index is -0.242. The van der Waals surface area contributed by atoms with Crippen molar-refractivity contribution in [3.63, 3.8) is 0 Å². The molecule has 2 aromatic rings. The molecule has 1 aromatic heterocycles. The van der Waals surface area contributed by atoms with Gasteiger partial charge in [-0.05, 0) is 17.7 Å². The summed E-state index contributed by atoms with van der Waals surface area (Å²) in [5.41, 5.74) is 7.08. The van der Waals surface area contributed by atoms with E-state index in [-0.39, 0.29) is 5.82 Å². The molecular formula is C10H9FN2O. The number of rotatable bonds is 2. The molecule has 0 aliphatic rings. The van der Waals surface area contributed by atoms with Crippen molar-refractivity contribution >= 4 is 5.88 Å². The van der Waals surface area contributed by atoms with Crippen LogP contribution >= 0.6 is 0 Å². The summed E-state index contributed by atoms with van der Waals surface area (Å²) >= 11 is 0. The quantitative estimate of drug-likeness (QED) is 0.791. The first-order valence-electron chi connectivity index (χ1n) is 4.19. The number of aromatic nitrogens is 1. The Bertz CT molecular complexity index is 422. The van der Waals surface area contributed by atoms with Crippen LogP contribution in [0.4, 0.5) is 10.3 Å².